The number of anilines is 1. The second-order valence-electron chi connectivity index (χ2n) is 7.98. The number of hydrogen-bond donors (Lipinski definition) is 1. The van der Waals surface area contributed by atoms with Crippen molar-refractivity contribution in [1.29, 1.82) is 0 Å². The molecule has 0 spiro atoms. The number of nitrogens with zero attached hydrogens (tertiary/aromatic N) is 2. The van der Waals surface area contributed by atoms with Crippen molar-refractivity contribution in [2.45, 2.75) is 31.7 Å². The predicted octanol–water partition coefficient (Wildman–Crippen LogP) is 5.66. The predicted molar refractivity (Wildman–Crippen MR) is 124 cm³/mol. The van der Waals surface area contributed by atoms with Crippen LogP contribution in [0.15, 0.2) is 91.1 Å². The monoisotopic (exact) mass is 407 g/mol. The number of aryl methyl sites for hydroxylation is 2. The molecule has 0 unspecified atom stereocenters. The molecule has 0 bridgehead atoms. The first kappa shape index (κ1) is 19.3. The van der Waals surface area contributed by atoms with Crippen LogP contribution in [0.1, 0.15) is 35.7 Å². The van der Waals surface area contributed by atoms with Crippen molar-refractivity contribution >= 4 is 11.6 Å². The van der Waals surface area contributed by atoms with Crippen LogP contribution >= 0.6 is 0 Å². The summed E-state index contributed by atoms with van der Waals surface area (Å²) in [5.41, 5.74) is 4.61. The van der Waals surface area contributed by atoms with Gasteiger partial charge in [-0.05, 0) is 30.0 Å². The van der Waals surface area contributed by atoms with Crippen molar-refractivity contribution in [3.05, 3.63) is 108 Å². The molecule has 1 aliphatic rings. The van der Waals surface area contributed by atoms with Gasteiger partial charge in [0.15, 0.2) is 0 Å². The number of carbonyl (C=O) groups is 1. The van der Waals surface area contributed by atoms with Crippen LogP contribution in [0.4, 0.5) is 5.69 Å². The van der Waals surface area contributed by atoms with E-state index in [0.717, 1.165) is 46.9 Å². The van der Waals surface area contributed by atoms with Crippen molar-refractivity contribution in [1.82, 2.24) is 9.55 Å². The molecule has 0 saturated carbocycles. The van der Waals surface area contributed by atoms with Gasteiger partial charge in [0, 0.05) is 24.7 Å². The highest BCUT2D eigenvalue weighted by Gasteiger charge is 2.24. The standard InChI is InChI=1S/C27H25N3O/c31-27(26(20-11-3-1-4-12-20)21-13-5-2-6-14-21)29-23-16-8-7-15-22(23)24-19-30-18-10-9-17-25(30)28-24/h1-8,11-16,19,26H,9-10,17-18H2,(H,29,31). The Balaban J connectivity index is 1.49. The third-order valence-electron chi connectivity index (χ3n) is 5.90. The van der Waals surface area contributed by atoms with Gasteiger partial charge in [0.25, 0.3) is 0 Å². The number of imidazole rings is 1. The van der Waals surface area contributed by atoms with Crippen LogP contribution in [-0.2, 0) is 17.8 Å². The molecule has 0 aliphatic carbocycles. The van der Waals surface area contributed by atoms with E-state index in [4.69, 9.17) is 4.98 Å². The quantitative estimate of drug-likeness (QED) is 0.464. The lowest BCUT2D eigenvalue weighted by molar-refractivity contribution is -0.116. The van der Waals surface area contributed by atoms with Gasteiger partial charge < -0.3 is 9.88 Å². The van der Waals surface area contributed by atoms with Crippen LogP contribution < -0.4 is 5.32 Å². The third kappa shape index (κ3) is 4.02. The number of nitrogens with one attached hydrogen (secondary N) is 1. The van der Waals surface area contributed by atoms with E-state index in [-0.39, 0.29) is 11.8 Å². The Labute approximate surface area is 182 Å². The Morgan fingerprint density at radius 2 is 1.48 bits per heavy atom. The zero-order valence-electron chi connectivity index (χ0n) is 17.4. The van der Waals surface area contributed by atoms with E-state index in [2.05, 4.69) is 16.1 Å². The van der Waals surface area contributed by atoms with E-state index in [1.807, 2.05) is 84.9 Å². The van der Waals surface area contributed by atoms with Crippen LogP contribution in [0.3, 0.4) is 0 Å². The number of carbonyl (C=O) groups excluding carboxylic acids is 1. The van der Waals surface area contributed by atoms with Gasteiger partial charge in [-0.1, -0.05) is 78.9 Å². The van der Waals surface area contributed by atoms with Crippen molar-refractivity contribution in [3.8, 4) is 11.3 Å². The van der Waals surface area contributed by atoms with Gasteiger partial charge in [0.2, 0.25) is 5.91 Å². The van der Waals surface area contributed by atoms with Crippen LogP contribution in [0.2, 0.25) is 0 Å². The molecule has 0 atom stereocenters. The molecule has 1 aromatic heterocycles. The van der Waals surface area contributed by atoms with Crippen molar-refractivity contribution < 1.29 is 4.79 Å². The normalized spacial score (nSPS) is 13.1. The molecule has 4 heteroatoms. The Bertz CT molecular complexity index is 1120. The third-order valence-corrected chi connectivity index (χ3v) is 5.90. The van der Waals surface area contributed by atoms with E-state index >= 15 is 0 Å². The molecule has 154 valence electrons. The first-order valence-corrected chi connectivity index (χ1v) is 10.9. The molecule has 4 aromatic rings. The molecule has 2 heterocycles. The molecule has 0 saturated heterocycles. The lowest BCUT2D eigenvalue weighted by atomic mass is 9.90. The van der Waals surface area contributed by atoms with Crippen LogP contribution in [-0.4, -0.2) is 15.5 Å². The Morgan fingerprint density at radius 3 is 2.16 bits per heavy atom. The number of para-hydroxylation sites is 1. The molecule has 4 nitrogen and oxygen atoms in total. The molecule has 3 aromatic carbocycles. The summed E-state index contributed by atoms with van der Waals surface area (Å²) in [5, 5.41) is 3.20. The lowest BCUT2D eigenvalue weighted by Gasteiger charge is -2.19. The van der Waals surface area contributed by atoms with Gasteiger partial charge in [-0.25, -0.2) is 4.98 Å². The molecular weight excluding hydrogens is 382 g/mol. The Kier molecular flexibility index (Phi) is 5.36. The van der Waals surface area contributed by atoms with Crippen LogP contribution in [0.25, 0.3) is 11.3 Å². The highest BCUT2D eigenvalue weighted by Crippen LogP contribution is 2.31. The summed E-state index contributed by atoms with van der Waals surface area (Å²) in [6.07, 6.45) is 5.51. The van der Waals surface area contributed by atoms with Crippen molar-refractivity contribution in [3.63, 3.8) is 0 Å². The minimum Gasteiger partial charge on any atom is -0.334 e. The van der Waals surface area contributed by atoms with E-state index < -0.39 is 0 Å². The maximum Gasteiger partial charge on any atom is 0.236 e. The highest BCUT2D eigenvalue weighted by atomic mass is 16.1. The number of rotatable bonds is 5. The molecule has 1 amide bonds. The summed E-state index contributed by atoms with van der Waals surface area (Å²) in [6, 6.07) is 27.8. The van der Waals surface area contributed by atoms with E-state index in [0.29, 0.717) is 0 Å². The number of fused-ring (bicyclic) bond motifs is 1. The first-order chi connectivity index (χ1) is 15.3. The fraction of sp³-hybridized carbons (Fsp3) is 0.185. The summed E-state index contributed by atoms with van der Waals surface area (Å²) in [5.74, 6) is 0.702. The van der Waals surface area contributed by atoms with Gasteiger partial charge in [0.05, 0.1) is 17.3 Å². The fourth-order valence-electron chi connectivity index (χ4n) is 4.35. The molecule has 31 heavy (non-hydrogen) atoms. The summed E-state index contributed by atoms with van der Waals surface area (Å²) < 4.78 is 2.24. The maximum absolute atomic E-state index is 13.6. The smallest absolute Gasteiger partial charge is 0.236 e. The first-order valence-electron chi connectivity index (χ1n) is 10.9. The largest absolute Gasteiger partial charge is 0.334 e. The SMILES string of the molecule is O=C(Nc1ccccc1-c1cn2c(n1)CCCC2)C(c1ccccc1)c1ccccc1. The molecule has 1 aliphatic heterocycles. The second kappa shape index (κ2) is 8.60. The fourth-order valence-corrected chi connectivity index (χ4v) is 4.35. The molecule has 5 rings (SSSR count). The van der Waals surface area contributed by atoms with E-state index in [1.165, 1.54) is 12.8 Å². The topological polar surface area (TPSA) is 46.9 Å². The minimum atomic E-state index is -0.384. The van der Waals surface area contributed by atoms with Crippen LogP contribution in [0.5, 0.6) is 0 Å². The van der Waals surface area contributed by atoms with Gasteiger partial charge in [-0.15, -0.1) is 0 Å². The van der Waals surface area contributed by atoms with E-state index in [9.17, 15) is 4.79 Å². The minimum absolute atomic E-state index is 0.0474. The van der Waals surface area contributed by atoms with Crippen LogP contribution in [0, 0.1) is 0 Å². The van der Waals surface area contributed by atoms with E-state index in [1.54, 1.807) is 0 Å². The molecule has 0 radical (unpaired) electrons. The Hall–Kier alpha value is -3.66. The molecule has 0 fully saturated rings. The number of aromatic nitrogens is 2. The average molecular weight is 408 g/mol. The maximum atomic E-state index is 13.6. The van der Waals surface area contributed by atoms with Gasteiger partial charge in [-0.2, -0.15) is 0 Å². The Morgan fingerprint density at radius 1 is 0.839 bits per heavy atom. The summed E-state index contributed by atoms with van der Waals surface area (Å²) in [4.78, 5) is 18.4. The van der Waals surface area contributed by atoms with Gasteiger partial charge in [0.1, 0.15) is 5.82 Å². The summed E-state index contributed by atoms with van der Waals surface area (Å²) in [7, 11) is 0. The van der Waals surface area contributed by atoms with Crippen molar-refractivity contribution in [2.75, 3.05) is 5.32 Å². The average Bonchev–Trinajstić information content (AvgIpc) is 3.25. The number of hydrogen-bond acceptors (Lipinski definition) is 2. The van der Waals surface area contributed by atoms with Gasteiger partial charge >= 0.3 is 0 Å². The molecule has 1 N–H and O–H groups in total. The van der Waals surface area contributed by atoms with Gasteiger partial charge in [-0.3, -0.25) is 4.79 Å². The van der Waals surface area contributed by atoms with Crippen molar-refractivity contribution in [2.24, 2.45) is 0 Å². The zero-order valence-corrected chi connectivity index (χ0v) is 17.4. The number of benzene rings is 3. The second-order valence-corrected chi connectivity index (χ2v) is 7.98. The zero-order chi connectivity index (χ0) is 21.0. The molecular formula is C27H25N3O. The highest BCUT2D eigenvalue weighted by molar-refractivity contribution is 6.00. The summed E-state index contributed by atoms with van der Waals surface area (Å²) >= 11 is 0. The number of amides is 1. The summed E-state index contributed by atoms with van der Waals surface area (Å²) in [6.45, 7) is 1.01. The lowest BCUT2D eigenvalue weighted by Crippen LogP contribution is -2.22.